The molecular formula is C12H8ClNO3. The van der Waals surface area contributed by atoms with Crippen molar-refractivity contribution in [2.24, 2.45) is 0 Å². The predicted molar refractivity (Wildman–Crippen MR) is 62.7 cm³/mol. The molecule has 1 aromatic carbocycles. The SMILES string of the molecule is O=C(O)c1cccnc1Oc1ccc(Cl)cc1. The largest absolute Gasteiger partial charge is 0.477 e. The van der Waals surface area contributed by atoms with E-state index < -0.39 is 5.97 Å². The van der Waals surface area contributed by atoms with Gasteiger partial charge in [0.1, 0.15) is 11.3 Å². The maximum atomic E-state index is 10.9. The van der Waals surface area contributed by atoms with Gasteiger partial charge < -0.3 is 9.84 Å². The lowest BCUT2D eigenvalue weighted by Gasteiger charge is -2.06. The Morgan fingerprint density at radius 3 is 2.59 bits per heavy atom. The molecule has 17 heavy (non-hydrogen) atoms. The molecule has 1 heterocycles. The van der Waals surface area contributed by atoms with Gasteiger partial charge in [0.2, 0.25) is 5.88 Å². The highest BCUT2D eigenvalue weighted by Crippen LogP contribution is 2.24. The number of carboxylic acids is 1. The molecule has 0 radical (unpaired) electrons. The average molecular weight is 250 g/mol. The number of rotatable bonds is 3. The van der Waals surface area contributed by atoms with Crippen LogP contribution in [0.25, 0.3) is 0 Å². The maximum Gasteiger partial charge on any atom is 0.341 e. The van der Waals surface area contributed by atoms with Crippen molar-refractivity contribution in [3.8, 4) is 11.6 Å². The van der Waals surface area contributed by atoms with E-state index in [4.69, 9.17) is 21.4 Å². The van der Waals surface area contributed by atoms with Crippen LogP contribution in [-0.2, 0) is 0 Å². The van der Waals surface area contributed by atoms with Crippen molar-refractivity contribution in [3.05, 3.63) is 53.2 Å². The highest BCUT2D eigenvalue weighted by atomic mass is 35.5. The van der Waals surface area contributed by atoms with Gasteiger partial charge in [0.05, 0.1) is 0 Å². The first kappa shape index (κ1) is 11.4. The zero-order chi connectivity index (χ0) is 12.3. The zero-order valence-electron chi connectivity index (χ0n) is 8.63. The molecule has 0 atom stereocenters. The van der Waals surface area contributed by atoms with Crippen LogP contribution in [0.2, 0.25) is 5.02 Å². The Kier molecular flexibility index (Phi) is 3.25. The van der Waals surface area contributed by atoms with Crippen molar-refractivity contribution in [2.75, 3.05) is 0 Å². The first-order chi connectivity index (χ1) is 8.16. The molecule has 0 saturated heterocycles. The fourth-order valence-electron chi connectivity index (χ4n) is 1.25. The van der Waals surface area contributed by atoms with E-state index in [1.165, 1.54) is 18.3 Å². The summed E-state index contributed by atoms with van der Waals surface area (Å²) in [6, 6.07) is 9.56. The number of benzene rings is 1. The lowest BCUT2D eigenvalue weighted by atomic mass is 10.3. The monoisotopic (exact) mass is 249 g/mol. The van der Waals surface area contributed by atoms with Gasteiger partial charge in [0, 0.05) is 11.2 Å². The number of carboxylic acid groups (broad SMARTS) is 1. The van der Waals surface area contributed by atoms with Gasteiger partial charge in [-0.05, 0) is 36.4 Å². The molecule has 0 aliphatic carbocycles. The van der Waals surface area contributed by atoms with E-state index in [1.54, 1.807) is 24.3 Å². The molecule has 4 nitrogen and oxygen atoms in total. The van der Waals surface area contributed by atoms with E-state index in [2.05, 4.69) is 4.98 Å². The standard InChI is InChI=1S/C12H8ClNO3/c13-8-3-5-9(6-4-8)17-11-10(12(15)16)2-1-7-14-11/h1-7H,(H,15,16). The topological polar surface area (TPSA) is 59.4 Å². The molecule has 1 aromatic heterocycles. The van der Waals surface area contributed by atoms with Crippen molar-refractivity contribution in [1.82, 2.24) is 4.98 Å². The van der Waals surface area contributed by atoms with Crippen LogP contribution in [0.1, 0.15) is 10.4 Å². The summed E-state index contributed by atoms with van der Waals surface area (Å²) in [7, 11) is 0. The Bertz CT molecular complexity index is 540. The minimum atomic E-state index is -1.08. The summed E-state index contributed by atoms with van der Waals surface area (Å²) in [5.41, 5.74) is 0.0162. The Balaban J connectivity index is 2.30. The van der Waals surface area contributed by atoms with Crippen LogP contribution < -0.4 is 4.74 Å². The highest BCUT2D eigenvalue weighted by Gasteiger charge is 2.12. The molecule has 5 heteroatoms. The lowest BCUT2D eigenvalue weighted by molar-refractivity contribution is 0.0693. The third kappa shape index (κ3) is 2.73. The number of carbonyl (C=O) groups is 1. The van der Waals surface area contributed by atoms with E-state index in [1.807, 2.05) is 0 Å². The van der Waals surface area contributed by atoms with Crippen LogP contribution in [0.4, 0.5) is 0 Å². The van der Waals surface area contributed by atoms with Crippen molar-refractivity contribution >= 4 is 17.6 Å². The predicted octanol–water partition coefficient (Wildman–Crippen LogP) is 3.23. The van der Waals surface area contributed by atoms with Crippen LogP contribution in [0.5, 0.6) is 11.6 Å². The number of aromatic nitrogens is 1. The first-order valence-electron chi connectivity index (χ1n) is 4.78. The second kappa shape index (κ2) is 4.84. The second-order valence-electron chi connectivity index (χ2n) is 3.22. The van der Waals surface area contributed by atoms with Crippen LogP contribution in [0.3, 0.4) is 0 Å². The van der Waals surface area contributed by atoms with E-state index in [0.717, 1.165) is 0 Å². The van der Waals surface area contributed by atoms with E-state index in [9.17, 15) is 4.79 Å². The average Bonchev–Trinajstić information content (AvgIpc) is 2.32. The molecule has 0 fully saturated rings. The fraction of sp³-hybridized carbons (Fsp3) is 0. The number of hydrogen-bond acceptors (Lipinski definition) is 3. The van der Waals surface area contributed by atoms with Gasteiger partial charge in [0.25, 0.3) is 0 Å². The summed E-state index contributed by atoms with van der Waals surface area (Å²) in [4.78, 5) is 14.8. The van der Waals surface area contributed by atoms with E-state index in [0.29, 0.717) is 10.8 Å². The molecule has 0 spiro atoms. The van der Waals surface area contributed by atoms with Crippen molar-refractivity contribution in [2.45, 2.75) is 0 Å². The first-order valence-corrected chi connectivity index (χ1v) is 5.16. The summed E-state index contributed by atoms with van der Waals surface area (Å²) in [5, 5.41) is 9.53. The maximum absolute atomic E-state index is 10.9. The molecule has 86 valence electrons. The van der Waals surface area contributed by atoms with Crippen LogP contribution in [-0.4, -0.2) is 16.1 Å². The van der Waals surface area contributed by atoms with Gasteiger partial charge in [-0.1, -0.05) is 11.6 Å². The Labute approximate surface area is 102 Å². The molecule has 0 bridgehead atoms. The van der Waals surface area contributed by atoms with Crippen LogP contribution >= 0.6 is 11.6 Å². The number of hydrogen-bond donors (Lipinski definition) is 1. The Hall–Kier alpha value is -2.07. The third-order valence-electron chi connectivity index (χ3n) is 2.03. The normalized spacial score (nSPS) is 9.94. The highest BCUT2D eigenvalue weighted by molar-refractivity contribution is 6.30. The van der Waals surface area contributed by atoms with Gasteiger partial charge in [-0.25, -0.2) is 9.78 Å². The molecule has 1 N–H and O–H groups in total. The summed E-state index contributed by atoms with van der Waals surface area (Å²) in [6.07, 6.45) is 1.47. The Morgan fingerprint density at radius 1 is 1.24 bits per heavy atom. The van der Waals surface area contributed by atoms with Gasteiger partial charge in [-0.15, -0.1) is 0 Å². The smallest absolute Gasteiger partial charge is 0.341 e. The van der Waals surface area contributed by atoms with Gasteiger partial charge in [-0.3, -0.25) is 0 Å². The molecule has 0 aliphatic rings. The molecule has 2 rings (SSSR count). The second-order valence-corrected chi connectivity index (χ2v) is 3.65. The minimum absolute atomic E-state index is 0.0162. The molecular weight excluding hydrogens is 242 g/mol. The Morgan fingerprint density at radius 2 is 1.94 bits per heavy atom. The lowest BCUT2D eigenvalue weighted by Crippen LogP contribution is -2.01. The van der Waals surface area contributed by atoms with Crippen LogP contribution in [0, 0.1) is 0 Å². The van der Waals surface area contributed by atoms with Crippen molar-refractivity contribution < 1.29 is 14.6 Å². The zero-order valence-corrected chi connectivity index (χ0v) is 9.39. The third-order valence-corrected chi connectivity index (χ3v) is 2.28. The summed E-state index contributed by atoms with van der Waals surface area (Å²) in [5.74, 6) is -0.542. The summed E-state index contributed by atoms with van der Waals surface area (Å²) < 4.78 is 5.38. The quantitative estimate of drug-likeness (QED) is 0.907. The molecule has 2 aromatic rings. The fourth-order valence-corrected chi connectivity index (χ4v) is 1.38. The van der Waals surface area contributed by atoms with Crippen LogP contribution in [0.15, 0.2) is 42.6 Å². The number of ether oxygens (including phenoxy) is 1. The van der Waals surface area contributed by atoms with Gasteiger partial charge in [-0.2, -0.15) is 0 Å². The summed E-state index contributed by atoms with van der Waals surface area (Å²) in [6.45, 7) is 0. The number of halogens is 1. The van der Waals surface area contributed by atoms with Gasteiger partial charge >= 0.3 is 5.97 Å². The number of pyridine rings is 1. The molecule has 0 unspecified atom stereocenters. The van der Waals surface area contributed by atoms with E-state index >= 15 is 0 Å². The number of aromatic carboxylic acids is 1. The minimum Gasteiger partial charge on any atom is -0.477 e. The van der Waals surface area contributed by atoms with Crippen molar-refractivity contribution in [1.29, 1.82) is 0 Å². The molecule has 0 saturated carbocycles. The van der Waals surface area contributed by atoms with Crippen molar-refractivity contribution in [3.63, 3.8) is 0 Å². The number of nitrogens with zero attached hydrogens (tertiary/aromatic N) is 1. The van der Waals surface area contributed by atoms with Gasteiger partial charge in [0.15, 0.2) is 0 Å². The molecule has 0 aliphatic heterocycles. The van der Waals surface area contributed by atoms with E-state index in [-0.39, 0.29) is 11.4 Å². The molecule has 0 amide bonds. The summed E-state index contributed by atoms with van der Waals surface area (Å²) >= 11 is 5.73.